The first-order valence-electron chi connectivity index (χ1n) is 7.59. The molecule has 7 heteroatoms. The summed E-state index contributed by atoms with van der Waals surface area (Å²) >= 11 is 12.0. The zero-order valence-corrected chi connectivity index (χ0v) is 15.1. The molecule has 2 aromatic rings. The van der Waals surface area contributed by atoms with Crippen molar-refractivity contribution < 1.29 is 9.59 Å². The number of carbonyl (C=O) groups is 2. The normalized spacial score (nSPS) is 10.7. The van der Waals surface area contributed by atoms with Gasteiger partial charge in [-0.3, -0.25) is 9.59 Å². The molecule has 2 N–H and O–H groups in total. The molecule has 0 fully saturated rings. The van der Waals surface area contributed by atoms with Gasteiger partial charge in [0.2, 0.25) is 11.8 Å². The average molecular weight is 378 g/mol. The van der Waals surface area contributed by atoms with Crippen molar-refractivity contribution in [3.8, 4) is 0 Å². The van der Waals surface area contributed by atoms with Crippen LogP contribution in [0.1, 0.15) is 24.0 Å². The van der Waals surface area contributed by atoms with Gasteiger partial charge in [0.15, 0.2) is 0 Å². The standard InChI is InChI=1S/C18H17Cl2N3O2/c1-12-14(19)7-4-8-16(12)22-17(24)9-10-18(25)23-21-11-13-5-2-3-6-15(13)20/h2-8,11H,9-10H2,1H3,(H,22,24)(H,23,25)/b21-11+. The Balaban J connectivity index is 1.79. The molecule has 0 heterocycles. The van der Waals surface area contributed by atoms with Gasteiger partial charge in [0.05, 0.1) is 6.21 Å². The number of carbonyl (C=O) groups excluding carboxylic acids is 2. The number of hydrazone groups is 1. The summed E-state index contributed by atoms with van der Waals surface area (Å²) in [6.07, 6.45) is 1.51. The van der Waals surface area contributed by atoms with E-state index in [1.54, 1.807) is 36.4 Å². The molecule has 0 saturated heterocycles. The molecule has 2 aromatic carbocycles. The Bertz CT molecular complexity index is 807. The predicted molar refractivity (Wildman–Crippen MR) is 101 cm³/mol. The number of rotatable bonds is 6. The lowest BCUT2D eigenvalue weighted by Gasteiger charge is -2.09. The summed E-state index contributed by atoms with van der Waals surface area (Å²) in [5.74, 6) is -0.628. The van der Waals surface area contributed by atoms with Crippen LogP contribution in [0.15, 0.2) is 47.6 Å². The maximum atomic E-state index is 11.9. The van der Waals surface area contributed by atoms with E-state index in [1.807, 2.05) is 13.0 Å². The van der Waals surface area contributed by atoms with Crippen LogP contribution in [0.2, 0.25) is 10.0 Å². The van der Waals surface area contributed by atoms with Crippen LogP contribution in [-0.4, -0.2) is 18.0 Å². The maximum absolute atomic E-state index is 11.9. The largest absolute Gasteiger partial charge is 0.326 e. The Hall–Kier alpha value is -2.37. The minimum absolute atomic E-state index is 0.0192. The highest BCUT2D eigenvalue weighted by Gasteiger charge is 2.09. The van der Waals surface area contributed by atoms with E-state index in [9.17, 15) is 9.59 Å². The third-order valence-corrected chi connectivity index (χ3v) is 4.17. The smallest absolute Gasteiger partial charge is 0.240 e. The highest BCUT2D eigenvalue weighted by atomic mass is 35.5. The van der Waals surface area contributed by atoms with Crippen LogP contribution in [0.5, 0.6) is 0 Å². The van der Waals surface area contributed by atoms with Crippen LogP contribution in [0.3, 0.4) is 0 Å². The maximum Gasteiger partial charge on any atom is 0.240 e. The van der Waals surface area contributed by atoms with E-state index in [4.69, 9.17) is 23.2 Å². The second-order valence-corrected chi connectivity index (χ2v) is 6.09. The van der Waals surface area contributed by atoms with Crippen molar-refractivity contribution in [3.05, 3.63) is 63.6 Å². The van der Waals surface area contributed by atoms with Gasteiger partial charge in [-0.2, -0.15) is 5.10 Å². The van der Waals surface area contributed by atoms with Crippen molar-refractivity contribution in [2.45, 2.75) is 19.8 Å². The first kappa shape index (κ1) is 19.0. The second-order valence-electron chi connectivity index (χ2n) is 5.28. The summed E-state index contributed by atoms with van der Waals surface area (Å²) in [5.41, 5.74) is 4.48. The zero-order chi connectivity index (χ0) is 18.2. The van der Waals surface area contributed by atoms with Gasteiger partial charge in [-0.25, -0.2) is 5.43 Å². The molecule has 2 amide bonds. The third-order valence-electron chi connectivity index (χ3n) is 3.42. The van der Waals surface area contributed by atoms with E-state index < -0.39 is 0 Å². The predicted octanol–water partition coefficient (Wildman–Crippen LogP) is 4.17. The molecule has 0 aliphatic carbocycles. The first-order valence-corrected chi connectivity index (χ1v) is 8.34. The SMILES string of the molecule is Cc1c(Cl)cccc1NC(=O)CCC(=O)N/N=C/c1ccccc1Cl. The quantitative estimate of drug-likeness (QED) is 0.585. The van der Waals surface area contributed by atoms with Gasteiger partial charge in [0.1, 0.15) is 0 Å². The van der Waals surface area contributed by atoms with Crippen molar-refractivity contribution in [1.82, 2.24) is 5.43 Å². The lowest BCUT2D eigenvalue weighted by atomic mass is 10.2. The fourth-order valence-corrected chi connectivity index (χ4v) is 2.35. The summed E-state index contributed by atoms with van der Waals surface area (Å²) in [7, 11) is 0. The second kappa shape index (κ2) is 9.20. The summed E-state index contributed by atoms with van der Waals surface area (Å²) < 4.78 is 0. The molecule has 0 atom stereocenters. The number of nitrogens with one attached hydrogen (secondary N) is 2. The highest BCUT2D eigenvalue weighted by molar-refractivity contribution is 6.33. The molecule has 25 heavy (non-hydrogen) atoms. The Morgan fingerprint density at radius 2 is 1.68 bits per heavy atom. The van der Waals surface area contributed by atoms with E-state index in [1.165, 1.54) is 6.21 Å². The molecular weight excluding hydrogens is 361 g/mol. The zero-order valence-electron chi connectivity index (χ0n) is 13.6. The fourth-order valence-electron chi connectivity index (χ4n) is 1.99. The minimum atomic E-state index is -0.360. The topological polar surface area (TPSA) is 70.6 Å². The Morgan fingerprint density at radius 3 is 2.44 bits per heavy atom. The number of benzene rings is 2. The van der Waals surface area contributed by atoms with Gasteiger partial charge in [0.25, 0.3) is 0 Å². The summed E-state index contributed by atoms with van der Waals surface area (Å²) in [5, 5.41) is 7.68. The van der Waals surface area contributed by atoms with E-state index in [0.29, 0.717) is 21.3 Å². The van der Waals surface area contributed by atoms with Crippen molar-refractivity contribution in [3.63, 3.8) is 0 Å². The molecule has 5 nitrogen and oxygen atoms in total. The monoisotopic (exact) mass is 377 g/mol. The molecule has 0 bridgehead atoms. The number of hydrogen-bond donors (Lipinski definition) is 2. The van der Waals surface area contributed by atoms with Crippen LogP contribution in [0.25, 0.3) is 0 Å². The van der Waals surface area contributed by atoms with Gasteiger partial charge in [0, 0.05) is 34.1 Å². The Kier molecular flexibility index (Phi) is 6.98. The summed E-state index contributed by atoms with van der Waals surface area (Å²) in [6.45, 7) is 1.81. The highest BCUT2D eigenvalue weighted by Crippen LogP contribution is 2.23. The van der Waals surface area contributed by atoms with E-state index in [2.05, 4.69) is 15.8 Å². The molecule has 0 aromatic heterocycles. The van der Waals surface area contributed by atoms with Crippen LogP contribution in [0.4, 0.5) is 5.69 Å². The third kappa shape index (κ3) is 5.89. The number of amides is 2. The van der Waals surface area contributed by atoms with Crippen molar-refractivity contribution >= 4 is 46.9 Å². The van der Waals surface area contributed by atoms with Gasteiger partial charge >= 0.3 is 0 Å². The molecule has 0 aliphatic rings. The molecule has 2 rings (SSSR count). The van der Waals surface area contributed by atoms with Crippen molar-refractivity contribution in [2.75, 3.05) is 5.32 Å². The van der Waals surface area contributed by atoms with Crippen LogP contribution in [-0.2, 0) is 9.59 Å². The number of halogens is 2. The molecule has 0 saturated carbocycles. The van der Waals surface area contributed by atoms with E-state index >= 15 is 0 Å². The fraction of sp³-hybridized carbons (Fsp3) is 0.167. The van der Waals surface area contributed by atoms with Gasteiger partial charge in [-0.15, -0.1) is 0 Å². The van der Waals surface area contributed by atoms with E-state index in [-0.39, 0.29) is 24.7 Å². The van der Waals surface area contributed by atoms with Gasteiger partial charge < -0.3 is 5.32 Å². The van der Waals surface area contributed by atoms with Gasteiger partial charge in [-0.05, 0) is 30.7 Å². The Labute approximate surface area is 156 Å². The average Bonchev–Trinajstić information content (AvgIpc) is 2.59. The number of nitrogens with zero attached hydrogens (tertiary/aromatic N) is 1. The van der Waals surface area contributed by atoms with Crippen molar-refractivity contribution in [1.29, 1.82) is 0 Å². The number of anilines is 1. The van der Waals surface area contributed by atoms with Gasteiger partial charge in [-0.1, -0.05) is 47.5 Å². The molecule has 0 radical (unpaired) electrons. The van der Waals surface area contributed by atoms with Crippen LogP contribution in [0, 0.1) is 6.92 Å². The molecular formula is C18H17Cl2N3O2. The van der Waals surface area contributed by atoms with E-state index in [0.717, 1.165) is 5.56 Å². The van der Waals surface area contributed by atoms with Crippen LogP contribution >= 0.6 is 23.2 Å². The Morgan fingerprint density at radius 1 is 1.00 bits per heavy atom. The molecule has 0 aliphatic heterocycles. The minimum Gasteiger partial charge on any atom is -0.326 e. The first-order chi connectivity index (χ1) is 12.0. The lowest BCUT2D eigenvalue weighted by Crippen LogP contribution is -2.20. The lowest BCUT2D eigenvalue weighted by molar-refractivity contribution is -0.124. The molecule has 0 unspecified atom stereocenters. The molecule has 130 valence electrons. The van der Waals surface area contributed by atoms with Crippen LogP contribution < -0.4 is 10.7 Å². The summed E-state index contributed by atoms with van der Waals surface area (Å²) in [4.78, 5) is 23.7. The summed E-state index contributed by atoms with van der Waals surface area (Å²) in [6, 6.07) is 12.4. The molecule has 0 spiro atoms. The number of hydrogen-bond acceptors (Lipinski definition) is 3. The van der Waals surface area contributed by atoms with Crippen molar-refractivity contribution in [2.24, 2.45) is 5.10 Å².